The van der Waals surface area contributed by atoms with Crippen LogP contribution in [0.15, 0.2) is 0 Å². The van der Waals surface area contributed by atoms with Crippen molar-refractivity contribution in [3.8, 4) is 0 Å². The second kappa shape index (κ2) is 23.4. The molecule has 1 nitrogen and oxygen atoms in total. The molecule has 0 heterocycles. The fraction of sp³-hybridized carbons (Fsp3) is 0. The van der Waals surface area contributed by atoms with Gasteiger partial charge in [-0.05, 0) is 0 Å². The number of rotatable bonds is 0. The fourth-order valence-corrected chi connectivity index (χ4v) is 0. The normalized spacial score (nSPS) is 4.80. The summed E-state index contributed by atoms with van der Waals surface area (Å²) in [6.07, 6.45) is 0. The van der Waals surface area contributed by atoms with E-state index in [2.05, 4.69) is 20.2 Å². The zero-order valence-electron chi connectivity index (χ0n) is 2.00. The van der Waals surface area contributed by atoms with Crippen molar-refractivity contribution in [1.82, 2.24) is 0 Å². The molecule has 0 aromatic carbocycles. The number of hydrogen-bond donors (Lipinski definition) is 0. The Bertz CT molecular complexity index is 20.9. The molecule has 35 valence electrons. The van der Waals surface area contributed by atoms with Crippen LogP contribution < -0.4 is 0 Å². The Kier molecular flexibility index (Phi) is 42.8. The van der Waals surface area contributed by atoms with Crippen molar-refractivity contribution in [2.75, 3.05) is 0 Å². The molecule has 0 saturated heterocycles. The van der Waals surface area contributed by atoms with Gasteiger partial charge in [0.1, 0.15) is 0 Å². The Hall–Kier alpha value is 0.589. The summed E-state index contributed by atoms with van der Waals surface area (Å²) in [7, 11) is 9.34. The Morgan fingerprint density at radius 1 is 1.40 bits per heavy atom. The van der Waals surface area contributed by atoms with E-state index < -0.39 is 0 Å². The van der Waals surface area contributed by atoms with E-state index in [4.69, 9.17) is 11.8 Å². The maximum absolute atomic E-state index is 6.25. The van der Waals surface area contributed by atoms with Crippen molar-refractivity contribution in [3.63, 3.8) is 0 Å². The van der Waals surface area contributed by atoms with Crippen LogP contribution >= 0.6 is 20.2 Å². The number of nitrogens with zero attached hydrogens (tertiary/aromatic N) is 1. The van der Waals surface area contributed by atoms with E-state index in [0.29, 0.717) is 0 Å². The molecule has 0 aliphatic heterocycles. The van der Waals surface area contributed by atoms with E-state index in [-0.39, 0.29) is 0 Å². The van der Waals surface area contributed by atoms with E-state index in [1.54, 1.807) is 0 Å². The molecule has 0 aromatic heterocycles. The first-order valence-electron chi connectivity index (χ1n) is 0.452. The first-order chi connectivity index (χ1) is 2.41. The van der Waals surface area contributed by atoms with Crippen molar-refractivity contribution >= 4 is 20.2 Å². The van der Waals surface area contributed by atoms with Gasteiger partial charge in [-0.1, -0.05) is 0 Å². The van der Waals surface area contributed by atoms with Gasteiger partial charge in [-0.15, -0.1) is 0 Å². The van der Waals surface area contributed by atoms with Gasteiger partial charge in [-0.2, -0.15) is 0 Å². The molecule has 0 spiro atoms. The quantitative estimate of drug-likeness (QED) is 0.389. The molecule has 0 aliphatic rings. The molecule has 0 bridgehead atoms. The van der Waals surface area contributed by atoms with Gasteiger partial charge in [0.2, 0.25) is 0 Å². The molecule has 0 saturated carbocycles. The van der Waals surface area contributed by atoms with Crippen molar-refractivity contribution < 1.29 is 13.1 Å². The molecule has 0 N–H and O–H groups in total. The average Bonchev–Trinajstić information content (AvgIpc) is 1.46. The predicted molar refractivity (Wildman–Crippen MR) is 16.7 cm³/mol. The standard InChI is InChI=1S/CN.2ClH.Cu/c1-2;;;/h;2*1H;/q-1;;;+2/p-2. The first kappa shape index (κ1) is 9.14. The van der Waals surface area contributed by atoms with Crippen LogP contribution in [-0.4, -0.2) is 0 Å². The molecule has 0 fully saturated rings. The SMILES string of the molecule is [C-]#N.[Cl][Cu][Cl]. The molecule has 4 heteroatoms. The van der Waals surface area contributed by atoms with E-state index >= 15 is 0 Å². The molecule has 0 radical (unpaired) electrons. The fourth-order valence-electron chi connectivity index (χ4n) is 0. The molecule has 0 amide bonds. The minimum atomic E-state index is 0.757. The van der Waals surface area contributed by atoms with Crippen LogP contribution in [0.1, 0.15) is 0 Å². The summed E-state index contributed by atoms with van der Waals surface area (Å²) in [5, 5.41) is 6.25. The van der Waals surface area contributed by atoms with E-state index in [0.717, 1.165) is 13.1 Å². The molecule has 0 atom stereocenters. The molecule has 5 heavy (non-hydrogen) atoms. The Balaban J connectivity index is 0. The summed E-state index contributed by atoms with van der Waals surface area (Å²) in [5.41, 5.74) is 0. The van der Waals surface area contributed by atoms with Gasteiger partial charge in [0.15, 0.2) is 0 Å². The Morgan fingerprint density at radius 3 is 1.40 bits per heavy atom. The van der Waals surface area contributed by atoms with Crippen molar-refractivity contribution in [1.29, 1.82) is 5.26 Å². The Labute approximate surface area is 45.5 Å². The molecule has 0 unspecified atom stereocenters. The molecule has 0 rings (SSSR count). The van der Waals surface area contributed by atoms with Crippen LogP contribution in [0.25, 0.3) is 0 Å². The van der Waals surface area contributed by atoms with E-state index in [1.165, 1.54) is 0 Å². The van der Waals surface area contributed by atoms with Crippen molar-refractivity contribution in [3.05, 3.63) is 6.57 Å². The summed E-state index contributed by atoms with van der Waals surface area (Å²) < 4.78 is 0. The summed E-state index contributed by atoms with van der Waals surface area (Å²) >= 11 is 0.757. The van der Waals surface area contributed by atoms with E-state index in [9.17, 15) is 0 Å². The zero-order chi connectivity index (χ0) is 4.71. The van der Waals surface area contributed by atoms with Crippen LogP contribution in [0.5, 0.6) is 0 Å². The van der Waals surface area contributed by atoms with Gasteiger partial charge < -0.3 is 11.8 Å². The van der Waals surface area contributed by atoms with Crippen LogP contribution in [0.4, 0.5) is 0 Å². The zero-order valence-corrected chi connectivity index (χ0v) is 4.46. The monoisotopic (exact) mass is 159 g/mol. The average molecular weight is 160 g/mol. The minimum absolute atomic E-state index is 0.757. The van der Waals surface area contributed by atoms with Crippen LogP contribution in [0.3, 0.4) is 0 Å². The second-order valence-electron chi connectivity index (χ2n) is 0.0431. The first-order valence-corrected chi connectivity index (χ1v) is 3.04. The van der Waals surface area contributed by atoms with Gasteiger partial charge in [-0.3, -0.25) is 0 Å². The van der Waals surface area contributed by atoms with E-state index in [1.807, 2.05) is 0 Å². The van der Waals surface area contributed by atoms with Gasteiger partial charge in [0, 0.05) is 0 Å². The Morgan fingerprint density at radius 2 is 1.40 bits per heavy atom. The van der Waals surface area contributed by atoms with Gasteiger partial charge >= 0.3 is 33.3 Å². The summed E-state index contributed by atoms with van der Waals surface area (Å²) in [4.78, 5) is 0. The number of halogens is 2. The van der Waals surface area contributed by atoms with Crippen LogP contribution in [0, 0.1) is 11.8 Å². The molecule has 0 aliphatic carbocycles. The van der Waals surface area contributed by atoms with Crippen LogP contribution in [-0.2, 0) is 13.1 Å². The third-order valence-electron chi connectivity index (χ3n) is 0. The van der Waals surface area contributed by atoms with Gasteiger partial charge in [0.25, 0.3) is 0 Å². The number of hydrogen-bond acceptors (Lipinski definition) is 1. The second-order valence-corrected chi connectivity index (χ2v) is 1.60. The maximum atomic E-state index is 6.25. The summed E-state index contributed by atoms with van der Waals surface area (Å²) in [5.74, 6) is 0. The third kappa shape index (κ3) is 88.6. The van der Waals surface area contributed by atoms with Crippen molar-refractivity contribution in [2.24, 2.45) is 0 Å². The van der Waals surface area contributed by atoms with Crippen LogP contribution in [0.2, 0.25) is 0 Å². The van der Waals surface area contributed by atoms with Gasteiger partial charge in [-0.25, -0.2) is 0 Å². The molecule has 0 aromatic rings. The predicted octanol–water partition coefficient (Wildman–Crippen LogP) is 1.47. The molecular weight excluding hydrogens is 160 g/mol. The topological polar surface area (TPSA) is 23.8 Å². The van der Waals surface area contributed by atoms with Gasteiger partial charge in [0.05, 0.1) is 0 Å². The molecular formula is CCl2CuN-. The van der Waals surface area contributed by atoms with Crippen molar-refractivity contribution in [2.45, 2.75) is 0 Å². The summed E-state index contributed by atoms with van der Waals surface area (Å²) in [6, 6.07) is 0. The third-order valence-corrected chi connectivity index (χ3v) is 0. The summed E-state index contributed by atoms with van der Waals surface area (Å²) in [6.45, 7) is 4.75.